The van der Waals surface area contributed by atoms with E-state index in [0.717, 1.165) is 16.7 Å². The van der Waals surface area contributed by atoms with Crippen molar-refractivity contribution >= 4 is 5.97 Å². The molecule has 2 rings (SSSR count). The number of alkyl halides is 3. The fourth-order valence-electron chi connectivity index (χ4n) is 1.71. The molecule has 0 saturated heterocycles. The summed E-state index contributed by atoms with van der Waals surface area (Å²) in [7, 11) is 1.84. The molecule has 0 aliphatic heterocycles. The Labute approximate surface area is 130 Å². The highest BCUT2D eigenvalue weighted by Gasteiger charge is 2.38. The quantitative estimate of drug-likeness (QED) is 0.686. The third-order valence-corrected chi connectivity index (χ3v) is 2.89. The average Bonchev–Trinajstić information content (AvgIpc) is 3.03. The molecule has 6 nitrogen and oxygen atoms in total. The van der Waals surface area contributed by atoms with Crippen LogP contribution in [0, 0.1) is 0 Å². The number of benzene rings is 1. The molecule has 0 spiro atoms. The van der Waals surface area contributed by atoms with Crippen molar-refractivity contribution in [2.75, 3.05) is 13.7 Å². The number of H-pyrrole nitrogens is 1. The van der Waals surface area contributed by atoms with Crippen LogP contribution in [0.1, 0.15) is 11.6 Å². The Morgan fingerprint density at radius 2 is 2.04 bits per heavy atom. The van der Waals surface area contributed by atoms with E-state index in [-0.39, 0.29) is 12.6 Å². The number of carbonyl (C=O) groups is 1. The Morgan fingerprint density at radius 1 is 1.39 bits per heavy atom. The van der Waals surface area contributed by atoms with Gasteiger partial charge in [0.15, 0.2) is 0 Å². The molecule has 0 radical (unpaired) electrons. The van der Waals surface area contributed by atoms with Crippen LogP contribution < -0.4 is 5.32 Å². The molecule has 23 heavy (non-hydrogen) atoms. The number of nitrogens with zero attached hydrogens (tertiary/aromatic N) is 1. The first-order valence-electron chi connectivity index (χ1n) is 6.47. The van der Waals surface area contributed by atoms with E-state index in [1.165, 1.54) is 0 Å². The first kappa shape index (κ1) is 18.7. The van der Waals surface area contributed by atoms with Gasteiger partial charge in [0.25, 0.3) is 0 Å². The molecule has 126 valence electrons. The van der Waals surface area contributed by atoms with Crippen LogP contribution in [0.3, 0.4) is 0 Å². The molecule has 0 aliphatic carbocycles. The van der Waals surface area contributed by atoms with Crippen molar-refractivity contribution in [2.24, 2.45) is 0 Å². The molecule has 9 heteroatoms. The van der Waals surface area contributed by atoms with Crippen molar-refractivity contribution in [2.45, 2.75) is 12.2 Å². The molecular weight excluding hydrogens is 315 g/mol. The van der Waals surface area contributed by atoms with E-state index in [9.17, 15) is 18.3 Å². The number of nitrogens with one attached hydrogen (secondary N) is 2. The van der Waals surface area contributed by atoms with Gasteiger partial charge in [-0.2, -0.15) is 18.3 Å². The zero-order valence-electron chi connectivity index (χ0n) is 12.1. The summed E-state index contributed by atoms with van der Waals surface area (Å²) >= 11 is 0. The summed E-state index contributed by atoms with van der Waals surface area (Å²) in [5, 5.41) is 26.1. The van der Waals surface area contributed by atoms with Crippen LogP contribution in [0.4, 0.5) is 13.2 Å². The lowest BCUT2D eigenvalue weighted by atomic mass is 10.0. The van der Waals surface area contributed by atoms with E-state index in [2.05, 4.69) is 21.6 Å². The van der Waals surface area contributed by atoms with Gasteiger partial charge in [-0.3, -0.25) is 5.10 Å². The largest absolute Gasteiger partial charge is 0.490 e. The van der Waals surface area contributed by atoms with Gasteiger partial charge in [0.05, 0.1) is 18.8 Å². The van der Waals surface area contributed by atoms with Crippen molar-refractivity contribution in [1.29, 1.82) is 0 Å². The van der Waals surface area contributed by atoms with E-state index in [1.807, 2.05) is 31.4 Å². The lowest BCUT2D eigenvalue weighted by Gasteiger charge is -2.14. The SMILES string of the molecule is CNC(CO)c1cccc(-c2cn[nH]c2)c1.O=C(O)C(F)(F)F. The molecule has 1 unspecified atom stereocenters. The minimum Gasteiger partial charge on any atom is -0.475 e. The fraction of sp³-hybridized carbons (Fsp3) is 0.286. The second-order valence-corrected chi connectivity index (χ2v) is 4.44. The molecule has 1 atom stereocenters. The summed E-state index contributed by atoms with van der Waals surface area (Å²) in [6, 6.07) is 8.05. The van der Waals surface area contributed by atoms with E-state index in [4.69, 9.17) is 9.90 Å². The molecule has 2 aromatic rings. The van der Waals surface area contributed by atoms with Crippen LogP contribution in [-0.4, -0.2) is 46.2 Å². The van der Waals surface area contributed by atoms with Gasteiger partial charge in [0, 0.05) is 11.8 Å². The number of hydrogen-bond donors (Lipinski definition) is 4. The van der Waals surface area contributed by atoms with Crippen LogP contribution >= 0.6 is 0 Å². The number of aliphatic carboxylic acids is 1. The Morgan fingerprint density at radius 3 is 2.48 bits per heavy atom. The monoisotopic (exact) mass is 331 g/mol. The molecule has 4 N–H and O–H groups in total. The number of halogens is 3. The first-order valence-corrected chi connectivity index (χ1v) is 6.47. The molecule has 0 fully saturated rings. The van der Waals surface area contributed by atoms with Gasteiger partial charge in [0.1, 0.15) is 0 Å². The van der Waals surface area contributed by atoms with Crippen molar-refractivity contribution in [3.05, 3.63) is 42.2 Å². The molecule has 0 amide bonds. The number of aromatic nitrogens is 2. The van der Waals surface area contributed by atoms with Gasteiger partial charge in [-0.05, 0) is 24.2 Å². The highest BCUT2D eigenvalue weighted by molar-refractivity contribution is 5.73. The lowest BCUT2D eigenvalue weighted by molar-refractivity contribution is -0.192. The maximum absolute atomic E-state index is 10.6. The van der Waals surface area contributed by atoms with E-state index >= 15 is 0 Å². The summed E-state index contributed by atoms with van der Waals surface area (Å²) in [5.41, 5.74) is 3.22. The lowest BCUT2D eigenvalue weighted by Crippen LogP contribution is -2.21. The number of carboxylic acid groups (broad SMARTS) is 1. The number of rotatable bonds is 4. The molecular formula is C14H16F3N3O3. The van der Waals surface area contributed by atoms with E-state index < -0.39 is 12.1 Å². The van der Waals surface area contributed by atoms with Crippen molar-refractivity contribution in [3.63, 3.8) is 0 Å². The molecule has 1 aromatic carbocycles. The van der Waals surface area contributed by atoms with Gasteiger partial charge in [-0.15, -0.1) is 0 Å². The molecule has 0 aliphatic rings. The third-order valence-electron chi connectivity index (χ3n) is 2.89. The summed E-state index contributed by atoms with van der Waals surface area (Å²) in [6.45, 7) is 0.0886. The van der Waals surface area contributed by atoms with E-state index in [0.29, 0.717) is 0 Å². The fourth-order valence-corrected chi connectivity index (χ4v) is 1.71. The molecule has 0 bridgehead atoms. The van der Waals surface area contributed by atoms with Crippen LogP contribution in [0.2, 0.25) is 0 Å². The summed E-state index contributed by atoms with van der Waals surface area (Å²) < 4.78 is 31.7. The minimum atomic E-state index is -5.08. The summed E-state index contributed by atoms with van der Waals surface area (Å²) in [5.74, 6) is -2.76. The number of hydrogen-bond acceptors (Lipinski definition) is 4. The van der Waals surface area contributed by atoms with Gasteiger partial charge in [0.2, 0.25) is 0 Å². The standard InChI is InChI=1S/C12H15N3O.C2HF3O2/c1-13-12(8-16)10-4-2-3-9(5-10)11-6-14-15-7-11;3-2(4,5)1(6)7/h2-7,12-13,16H,8H2,1H3,(H,14,15);(H,6,7). The Balaban J connectivity index is 0.000000322. The van der Waals surface area contributed by atoms with Gasteiger partial charge < -0.3 is 15.5 Å². The van der Waals surface area contributed by atoms with Crippen LogP contribution in [0.25, 0.3) is 11.1 Å². The summed E-state index contributed by atoms with van der Waals surface area (Å²) in [6.07, 6.45) is -1.45. The van der Waals surface area contributed by atoms with Gasteiger partial charge in [-0.25, -0.2) is 4.79 Å². The zero-order valence-corrected chi connectivity index (χ0v) is 12.1. The first-order chi connectivity index (χ1) is 10.8. The smallest absolute Gasteiger partial charge is 0.475 e. The third kappa shape index (κ3) is 5.72. The Bertz CT molecular complexity index is 611. The average molecular weight is 331 g/mol. The Kier molecular flexibility index (Phi) is 6.73. The molecule has 1 heterocycles. The zero-order chi connectivity index (χ0) is 17.5. The van der Waals surface area contributed by atoms with Gasteiger partial charge >= 0.3 is 12.1 Å². The van der Waals surface area contributed by atoms with Crippen LogP contribution in [-0.2, 0) is 4.79 Å². The highest BCUT2D eigenvalue weighted by atomic mass is 19.4. The van der Waals surface area contributed by atoms with Crippen LogP contribution in [0.5, 0.6) is 0 Å². The normalized spacial score (nSPS) is 12.2. The number of aliphatic hydroxyl groups excluding tert-OH is 1. The minimum absolute atomic E-state index is 0.0214. The highest BCUT2D eigenvalue weighted by Crippen LogP contribution is 2.22. The van der Waals surface area contributed by atoms with Crippen molar-refractivity contribution < 1.29 is 28.2 Å². The maximum atomic E-state index is 10.6. The second-order valence-electron chi connectivity index (χ2n) is 4.44. The second kappa shape index (κ2) is 8.30. The number of aliphatic hydroxyl groups is 1. The van der Waals surface area contributed by atoms with E-state index in [1.54, 1.807) is 6.20 Å². The predicted molar refractivity (Wildman–Crippen MR) is 76.6 cm³/mol. The Hall–Kier alpha value is -2.39. The summed E-state index contributed by atoms with van der Waals surface area (Å²) in [4.78, 5) is 8.90. The predicted octanol–water partition coefficient (Wildman–Crippen LogP) is 1.96. The topological polar surface area (TPSA) is 98.2 Å². The number of aromatic amines is 1. The molecule has 0 saturated carbocycles. The van der Waals surface area contributed by atoms with Crippen molar-refractivity contribution in [1.82, 2.24) is 15.5 Å². The van der Waals surface area contributed by atoms with Crippen molar-refractivity contribution in [3.8, 4) is 11.1 Å². The maximum Gasteiger partial charge on any atom is 0.490 e. The van der Waals surface area contributed by atoms with Gasteiger partial charge in [-0.1, -0.05) is 18.2 Å². The van der Waals surface area contributed by atoms with Crippen LogP contribution in [0.15, 0.2) is 36.7 Å². The number of carboxylic acids is 1. The molecule has 1 aromatic heterocycles. The number of likely N-dealkylation sites (N-methyl/N-ethyl adjacent to an activating group) is 1.